The summed E-state index contributed by atoms with van der Waals surface area (Å²) in [5.74, 6) is -0.720. The van der Waals surface area contributed by atoms with Crippen molar-refractivity contribution in [2.24, 2.45) is 11.8 Å². The highest BCUT2D eigenvalue weighted by atomic mass is 16.5. The van der Waals surface area contributed by atoms with Gasteiger partial charge in [0.05, 0.1) is 12.6 Å². The Labute approximate surface area is 119 Å². The molecule has 0 radical (unpaired) electrons. The number of ether oxygens (including phenoxy) is 2. The first-order chi connectivity index (χ1) is 9.49. The highest BCUT2D eigenvalue weighted by Crippen LogP contribution is 2.26. The second kappa shape index (κ2) is 6.54. The smallest absolute Gasteiger partial charge is 0.334 e. The molecule has 6 heteroatoms. The van der Waals surface area contributed by atoms with Crippen molar-refractivity contribution in [3.05, 3.63) is 0 Å². The summed E-state index contributed by atoms with van der Waals surface area (Å²) in [6, 6.07) is 0. The minimum absolute atomic E-state index is 0.0401. The molecular formula is C14H23NO5. The lowest BCUT2D eigenvalue weighted by atomic mass is 9.86. The molecule has 3 atom stereocenters. The van der Waals surface area contributed by atoms with Crippen LogP contribution in [0.4, 0.5) is 0 Å². The molecule has 20 heavy (non-hydrogen) atoms. The lowest BCUT2D eigenvalue weighted by Crippen LogP contribution is -2.53. The van der Waals surface area contributed by atoms with Gasteiger partial charge in [-0.25, -0.2) is 4.79 Å². The van der Waals surface area contributed by atoms with E-state index in [2.05, 4.69) is 0 Å². The van der Waals surface area contributed by atoms with E-state index < -0.39 is 12.1 Å². The second-order valence-electron chi connectivity index (χ2n) is 5.76. The third-order valence-corrected chi connectivity index (χ3v) is 4.21. The van der Waals surface area contributed by atoms with E-state index in [4.69, 9.17) is 14.6 Å². The molecule has 2 fully saturated rings. The van der Waals surface area contributed by atoms with Gasteiger partial charge in [-0.05, 0) is 25.7 Å². The van der Waals surface area contributed by atoms with E-state index in [1.54, 1.807) is 11.8 Å². The van der Waals surface area contributed by atoms with Crippen LogP contribution >= 0.6 is 0 Å². The van der Waals surface area contributed by atoms with Gasteiger partial charge in [-0.1, -0.05) is 6.92 Å². The fraction of sp³-hybridized carbons (Fsp3) is 0.857. The Morgan fingerprint density at radius 1 is 1.25 bits per heavy atom. The Morgan fingerprint density at radius 3 is 2.50 bits per heavy atom. The maximum Gasteiger partial charge on any atom is 0.334 e. The zero-order valence-corrected chi connectivity index (χ0v) is 12.1. The Hall–Kier alpha value is -1.14. The predicted molar refractivity (Wildman–Crippen MR) is 71.3 cm³/mol. The van der Waals surface area contributed by atoms with Crippen LogP contribution in [0, 0.1) is 11.8 Å². The van der Waals surface area contributed by atoms with Crippen LogP contribution in [0.15, 0.2) is 0 Å². The fourth-order valence-corrected chi connectivity index (χ4v) is 2.97. The number of carboxylic acids is 1. The summed E-state index contributed by atoms with van der Waals surface area (Å²) in [5.41, 5.74) is 0. The van der Waals surface area contributed by atoms with Gasteiger partial charge >= 0.3 is 5.97 Å². The van der Waals surface area contributed by atoms with E-state index in [0.717, 1.165) is 12.8 Å². The van der Waals surface area contributed by atoms with Gasteiger partial charge in [-0.15, -0.1) is 0 Å². The summed E-state index contributed by atoms with van der Waals surface area (Å²) in [6.45, 7) is 5.77. The zero-order chi connectivity index (χ0) is 14.7. The summed E-state index contributed by atoms with van der Waals surface area (Å²) in [4.78, 5) is 25.3. The van der Waals surface area contributed by atoms with Crippen LogP contribution in [0.25, 0.3) is 0 Å². The van der Waals surface area contributed by atoms with Crippen molar-refractivity contribution in [1.29, 1.82) is 0 Å². The van der Waals surface area contributed by atoms with E-state index >= 15 is 0 Å². The quantitative estimate of drug-likeness (QED) is 0.828. The van der Waals surface area contributed by atoms with Gasteiger partial charge in [0.15, 0.2) is 6.10 Å². The van der Waals surface area contributed by atoms with Crippen molar-refractivity contribution in [2.75, 3.05) is 26.3 Å². The zero-order valence-electron chi connectivity index (χ0n) is 12.1. The van der Waals surface area contributed by atoms with Crippen LogP contribution < -0.4 is 0 Å². The molecule has 1 amide bonds. The van der Waals surface area contributed by atoms with Crippen LogP contribution in [0.3, 0.4) is 0 Å². The largest absolute Gasteiger partial charge is 0.479 e. The van der Waals surface area contributed by atoms with Crippen LogP contribution in [0.1, 0.15) is 26.7 Å². The maximum absolute atomic E-state index is 12.5. The number of rotatable bonds is 3. The number of carbonyl (C=O) groups is 2. The molecule has 2 rings (SSSR count). The van der Waals surface area contributed by atoms with Crippen LogP contribution in [-0.2, 0) is 19.1 Å². The van der Waals surface area contributed by atoms with Crippen LogP contribution in [-0.4, -0.2) is 60.4 Å². The molecule has 0 aromatic rings. The average molecular weight is 285 g/mol. The molecule has 0 aliphatic carbocycles. The van der Waals surface area contributed by atoms with Crippen molar-refractivity contribution in [3.8, 4) is 0 Å². The number of amides is 1. The summed E-state index contributed by atoms with van der Waals surface area (Å²) < 4.78 is 10.7. The van der Waals surface area contributed by atoms with E-state index in [-0.39, 0.29) is 24.5 Å². The summed E-state index contributed by atoms with van der Waals surface area (Å²) >= 11 is 0. The lowest BCUT2D eigenvalue weighted by molar-refractivity contribution is -0.168. The Bertz CT molecular complexity index is 367. The predicted octanol–water partition coefficient (Wildman–Crippen LogP) is 0.750. The number of nitrogens with zero attached hydrogens (tertiary/aromatic N) is 1. The summed E-state index contributed by atoms with van der Waals surface area (Å²) in [5, 5.41) is 9.06. The van der Waals surface area contributed by atoms with Gasteiger partial charge in [0.1, 0.15) is 0 Å². The second-order valence-corrected chi connectivity index (χ2v) is 5.76. The molecule has 2 saturated heterocycles. The normalized spacial score (nSPS) is 30.0. The SMILES string of the molecule is CC(C(=O)N1CC(C(=O)O)O[C@H](C)C1)C1CCOCC1. The molecular weight excluding hydrogens is 262 g/mol. The van der Waals surface area contributed by atoms with Crippen molar-refractivity contribution in [2.45, 2.75) is 38.9 Å². The van der Waals surface area contributed by atoms with Crippen LogP contribution in [0.2, 0.25) is 0 Å². The fourth-order valence-electron chi connectivity index (χ4n) is 2.97. The molecule has 2 aliphatic heterocycles. The highest BCUT2D eigenvalue weighted by molar-refractivity contribution is 5.80. The van der Waals surface area contributed by atoms with E-state index in [0.29, 0.717) is 25.7 Å². The first-order valence-electron chi connectivity index (χ1n) is 7.24. The summed E-state index contributed by atoms with van der Waals surface area (Å²) in [7, 11) is 0. The molecule has 114 valence electrons. The van der Waals surface area contributed by atoms with Gasteiger partial charge < -0.3 is 19.5 Å². The number of hydrogen-bond acceptors (Lipinski definition) is 4. The topological polar surface area (TPSA) is 76.1 Å². The Balaban J connectivity index is 1.97. The Kier molecular flexibility index (Phi) is 4.99. The van der Waals surface area contributed by atoms with Crippen molar-refractivity contribution in [3.63, 3.8) is 0 Å². The molecule has 2 heterocycles. The summed E-state index contributed by atoms with van der Waals surface area (Å²) in [6.07, 6.45) is 0.643. The number of morpholine rings is 1. The molecule has 0 spiro atoms. The molecule has 1 N–H and O–H groups in total. The molecule has 0 saturated carbocycles. The molecule has 2 unspecified atom stereocenters. The van der Waals surface area contributed by atoms with E-state index in [9.17, 15) is 9.59 Å². The molecule has 2 aliphatic rings. The van der Waals surface area contributed by atoms with Gasteiger partial charge in [-0.2, -0.15) is 0 Å². The van der Waals surface area contributed by atoms with Crippen LogP contribution in [0.5, 0.6) is 0 Å². The third kappa shape index (κ3) is 3.49. The van der Waals surface area contributed by atoms with Gasteiger partial charge in [0.25, 0.3) is 0 Å². The molecule has 0 bridgehead atoms. The molecule has 6 nitrogen and oxygen atoms in total. The van der Waals surface area contributed by atoms with Crippen molar-refractivity contribution < 1.29 is 24.2 Å². The highest BCUT2D eigenvalue weighted by Gasteiger charge is 2.36. The first kappa shape index (κ1) is 15.3. The van der Waals surface area contributed by atoms with Gasteiger partial charge in [-0.3, -0.25) is 4.79 Å². The lowest BCUT2D eigenvalue weighted by Gasteiger charge is -2.38. The standard InChI is InChI=1S/C14H23NO5/c1-9-7-15(8-12(20-9)14(17)18)13(16)10(2)11-3-5-19-6-4-11/h9-12H,3-8H2,1-2H3,(H,17,18)/t9-,10?,12?/m1/s1. The molecule has 0 aromatic carbocycles. The van der Waals surface area contributed by atoms with Gasteiger partial charge in [0, 0.05) is 25.7 Å². The van der Waals surface area contributed by atoms with E-state index in [1.165, 1.54) is 0 Å². The minimum Gasteiger partial charge on any atom is -0.479 e. The number of carbonyl (C=O) groups excluding carboxylic acids is 1. The number of aliphatic carboxylic acids is 1. The number of hydrogen-bond donors (Lipinski definition) is 1. The monoisotopic (exact) mass is 285 g/mol. The minimum atomic E-state index is -1.01. The average Bonchev–Trinajstić information content (AvgIpc) is 2.46. The third-order valence-electron chi connectivity index (χ3n) is 4.21. The Morgan fingerprint density at radius 2 is 1.90 bits per heavy atom. The van der Waals surface area contributed by atoms with Gasteiger partial charge in [0.2, 0.25) is 5.91 Å². The van der Waals surface area contributed by atoms with E-state index in [1.807, 2.05) is 6.92 Å². The molecule has 0 aromatic heterocycles. The van der Waals surface area contributed by atoms with Crippen molar-refractivity contribution in [1.82, 2.24) is 4.90 Å². The number of carboxylic acid groups (broad SMARTS) is 1. The van der Waals surface area contributed by atoms with Crippen molar-refractivity contribution >= 4 is 11.9 Å². The first-order valence-corrected chi connectivity index (χ1v) is 7.24. The maximum atomic E-state index is 12.5.